The number of hydrogen-bond donors (Lipinski definition) is 2. The number of carbonyl (C=O) groups excluding carboxylic acids is 3. The number of amides is 2. The maximum atomic E-state index is 9.82. The van der Waals surface area contributed by atoms with Crippen LogP contribution in [0.1, 0.15) is 13.8 Å². The van der Waals surface area contributed by atoms with E-state index < -0.39 is 11.8 Å². The first kappa shape index (κ1) is 14.2. The molecule has 3 N–H and O–H groups in total. The molecule has 0 spiro atoms. The van der Waals surface area contributed by atoms with E-state index in [2.05, 4.69) is 22.2 Å². The second-order valence-electron chi connectivity index (χ2n) is 1.71. The van der Waals surface area contributed by atoms with Gasteiger partial charge in [0.1, 0.15) is 0 Å². The molecule has 76 valence electrons. The molecule has 0 fully saturated rings. The predicted octanol–water partition coefficient (Wildman–Crippen LogP) is -0.689. The number of ether oxygens (including phenoxy) is 1. The normalized spacial score (nSPS) is 7.62. The van der Waals surface area contributed by atoms with Crippen LogP contribution in [0.4, 0.5) is 0 Å². The maximum absolute atomic E-state index is 9.82. The van der Waals surface area contributed by atoms with E-state index in [0.29, 0.717) is 6.61 Å². The lowest BCUT2D eigenvalue weighted by molar-refractivity contribution is -0.140. The van der Waals surface area contributed by atoms with E-state index in [4.69, 9.17) is 0 Å². The minimum Gasteiger partial charge on any atom is -0.466 e. The first-order chi connectivity index (χ1) is 5.95. The van der Waals surface area contributed by atoms with Gasteiger partial charge in [-0.1, -0.05) is 0 Å². The third-order valence-corrected chi connectivity index (χ3v) is 0.829. The molecule has 0 atom stereocenters. The zero-order valence-electron chi connectivity index (χ0n) is 7.30. The van der Waals surface area contributed by atoms with Gasteiger partial charge in [-0.15, -0.1) is 0 Å². The molecule has 0 saturated heterocycles. The molecule has 0 unspecified atom stereocenters. The summed E-state index contributed by atoms with van der Waals surface area (Å²) in [6.45, 7) is 3.65. The van der Waals surface area contributed by atoms with Crippen LogP contribution >= 0.6 is 11.8 Å². The Labute approximate surface area is 80.5 Å². The quantitative estimate of drug-likeness (QED) is 0.340. The number of hydrogen-bond acceptors (Lipinski definition) is 4. The van der Waals surface area contributed by atoms with Crippen molar-refractivity contribution in [2.24, 2.45) is 5.73 Å². The number of esters is 1. The summed E-state index contributed by atoms with van der Waals surface area (Å²) in [7, 11) is 0. The molecule has 0 radical (unpaired) electrons. The van der Waals surface area contributed by atoms with Crippen LogP contribution in [-0.2, 0) is 19.1 Å². The number of rotatable bonds is 1. The fourth-order valence-electron chi connectivity index (χ4n) is 0.250. The summed E-state index contributed by atoms with van der Waals surface area (Å²) in [6, 6.07) is 0. The summed E-state index contributed by atoms with van der Waals surface area (Å²) in [6.07, 6.45) is 0. The predicted molar refractivity (Wildman–Crippen MR) is 45.5 cm³/mol. The Morgan fingerprint density at radius 2 is 1.92 bits per heavy atom. The molecule has 0 aliphatic heterocycles. The molecule has 0 aromatic heterocycles. The Morgan fingerprint density at radius 1 is 1.46 bits per heavy atom. The van der Waals surface area contributed by atoms with E-state index in [9.17, 15) is 14.4 Å². The summed E-state index contributed by atoms with van der Waals surface area (Å²) in [5.74, 6) is -2.30. The highest BCUT2D eigenvalue weighted by Crippen LogP contribution is 1.69. The van der Waals surface area contributed by atoms with Crippen molar-refractivity contribution in [3.05, 3.63) is 0 Å². The average molecular weight is 211 g/mol. The fourth-order valence-corrected chi connectivity index (χ4v) is 0.343. The average Bonchev–Trinajstić information content (AvgIpc) is 2.03. The molecule has 0 aromatic rings. The van der Waals surface area contributed by atoms with Crippen molar-refractivity contribution in [3.63, 3.8) is 0 Å². The van der Waals surface area contributed by atoms with E-state index in [-0.39, 0.29) is 5.97 Å². The molecule has 0 bridgehead atoms. The van der Waals surface area contributed by atoms with Crippen LogP contribution in [0.2, 0.25) is 0 Å². The van der Waals surface area contributed by atoms with Crippen molar-refractivity contribution in [2.45, 2.75) is 13.8 Å². The SMILES string of the molecule is CCOC(C)=O.NC(=O)C(=O)NCl. The summed E-state index contributed by atoms with van der Waals surface area (Å²) < 4.78 is 4.40. The maximum Gasteiger partial charge on any atom is 0.323 e. The van der Waals surface area contributed by atoms with Crippen molar-refractivity contribution in [1.29, 1.82) is 0 Å². The zero-order chi connectivity index (χ0) is 10.9. The molecule has 2 amide bonds. The molecule has 0 rings (SSSR count). The molecule has 0 aliphatic rings. The molecular formula is C6H11ClN2O4. The molecule has 7 heteroatoms. The Kier molecular flexibility index (Phi) is 9.63. The van der Waals surface area contributed by atoms with Crippen molar-refractivity contribution in [3.8, 4) is 0 Å². The van der Waals surface area contributed by atoms with Gasteiger partial charge in [0.2, 0.25) is 0 Å². The van der Waals surface area contributed by atoms with Crippen LogP contribution < -0.4 is 10.6 Å². The molecular weight excluding hydrogens is 200 g/mol. The van der Waals surface area contributed by atoms with Crippen molar-refractivity contribution in [1.82, 2.24) is 4.84 Å². The van der Waals surface area contributed by atoms with Crippen molar-refractivity contribution < 1.29 is 19.1 Å². The first-order valence-corrected chi connectivity index (χ1v) is 3.67. The van der Waals surface area contributed by atoms with Gasteiger partial charge >= 0.3 is 17.8 Å². The minimum absolute atomic E-state index is 0.211. The topological polar surface area (TPSA) is 98.5 Å². The highest BCUT2D eigenvalue weighted by Gasteiger charge is 2.03. The van der Waals surface area contributed by atoms with Gasteiger partial charge in [0.15, 0.2) is 0 Å². The third-order valence-electron chi connectivity index (χ3n) is 0.657. The third kappa shape index (κ3) is 13.7. The van der Waals surface area contributed by atoms with E-state index in [1.807, 2.05) is 0 Å². The molecule has 0 aromatic carbocycles. The van der Waals surface area contributed by atoms with Crippen LogP contribution in [0, 0.1) is 0 Å². The number of nitrogens with two attached hydrogens (primary N) is 1. The highest BCUT2D eigenvalue weighted by atomic mass is 35.5. The lowest BCUT2D eigenvalue weighted by atomic mass is 10.6. The number of halogens is 1. The molecule has 6 nitrogen and oxygen atoms in total. The standard InChI is InChI=1S/C4H8O2.C2H3ClN2O2/c1-3-6-4(2)5;3-5-2(7)1(4)6/h3H2,1-2H3;(H2,4,6)(H,5,7). The summed E-state index contributed by atoms with van der Waals surface area (Å²) in [5.41, 5.74) is 4.41. The van der Waals surface area contributed by atoms with Crippen LogP contribution in [-0.4, -0.2) is 24.4 Å². The second-order valence-corrected chi connectivity index (χ2v) is 1.90. The number of carbonyl (C=O) groups is 3. The van der Waals surface area contributed by atoms with E-state index >= 15 is 0 Å². The van der Waals surface area contributed by atoms with Crippen molar-refractivity contribution >= 4 is 29.6 Å². The van der Waals surface area contributed by atoms with Crippen LogP contribution in [0.5, 0.6) is 0 Å². The Balaban J connectivity index is 0. The van der Waals surface area contributed by atoms with Gasteiger partial charge in [0.25, 0.3) is 0 Å². The van der Waals surface area contributed by atoms with Crippen molar-refractivity contribution in [2.75, 3.05) is 6.61 Å². The lowest BCUT2D eigenvalue weighted by Gasteiger charge is -1.89. The largest absolute Gasteiger partial charge is 0.466 e. The van der Waals surface area contributed by atoms with Crippen LogP contribution in [0.3, 0.4) is 0 Å². The summed E-state index contributed by atoms with van der Waals surface area (Å²) in [5, 5.41) is 0. The summed E-state index contributed by atoms with van der Waals surface area (Å²) in [4.78, 5) is 30.8. The smallest absolute Gasteiger partial charge is 0.323 e. The van der Waals surface area contributed by atoms with Crippen LogP contribution in [0.15, 0.2) is 0 Å². The molecule has 0 saturated carbocycles. The van der Waals surface area contributed by atoms with Crippen LogP contribution in [0.25, 0.3) is 0 Å². The number of primary amides is 1. The molecule has 0 aliphatic carbocycles. The van der Waals surface area contributed by atoms with Gasteiger partial charge in [-0.2, -0.15) is 0 Å². The zero-order valence-corrected chi connectivity index (χ0v) is 8.05. The van der Waals surface area contributed by atoms with E-state index in [0.717, 1.165) is 0 Å². The Morgan fingerprint density at radius 3 is 1.92 bits per heavy atom. The minimum atomic E-state index is -1.09. The van der Waals surface area contributed by atoms with Gasteiger partial charge in [-0.05, 0) is 6.92 Å². The molecule has 0 heterocycles. The fraction of sp³-hybridized carbons (Fsp3) is 0.500. The number of nitrogens with one attached hydrogen (secondary N) is 1. The van der Waals surface area contributed by atoms with Gasteiger partial charge < -0.3 is 10.5 Å². The Bertz CT molecular complexity index is 195. The Hall–Kier alpha value is -1.30. The van der Waals surface area contributed by atoms with Gasteiger partial charge in [-0.25, -0.2) is 0 Å². The van der Waals surface area contributed by atoms with Gasteiger partial charge in [-0.3, -0.25) is 19.2 Å². The second kappa shape index (κ2) is 8.79. The van der Waals surface area contributed by atoms with E-state index in [1.54, 1.807) is 6.92 Å². The monoisotopic (exact) mass is 210 g/mol. The lowest BCUT2D eigenvalue weighted by Crippen LogP contribution is -2.30. The summed E-state index contributed by atoms with van der Waals surface area (Å²) >= 11 is 4.65. The van der Waals surface area contributed by atoms with Gasteiger partial charge in [0.05, 0.1) is 6.61 Å². The van der Waals surface area contributed by atoms with Gasteiger partial charge in [0, 0.05) is 18.7 Å². The first-order valence-electron chi connectivity index (χ1n) is 3.29. The highest BCUT2D eigenvalue weighted by molar-refractivity contribution is 6.41. The molecule has 13 heavy (non-hydrogen) atoms. The van der Waals surface area contributed by atoms with E-state index in [1.165, 1.54) is 11.8 Å².